The number of benzene rings is 1. The van der Waals surface area contributed by atoms with Crippen LogP contribution in [-0.2, 0) is 4.79 Å². The van der Waals surface area contributed by atoms with Gasteiger partial charge < -0.3 is 10.4 Å². The molecule has 6 nitrogen and oxygen atoms in total. The van der Waals surface area contributed by atoms with Gasteiger partial charge in [0.1, 0.15) is 0 Å². The summed E-state index contributed by atoms with van der Waals surface area (Å²) in [6, 6.07) is 2.44. The van der Waals surface area contributed by atoms with Crippen LogP contribution in [0.25, 0.3) is 0 Å². The Balaban J connectivity index is 2.56. The first kappa shape index (κ1) is 12.1. The smallest absolute Gasteiger partial charge is 0.336 e. The number of hydrogen-bond donors (Lipinski definition) is 2. The molecule has 1 aromatic carbocycles. The number of anilines is 1. The number of carboxylic acid groups (broad SMARTS) is 1. The molecule has 94 valence electrons. The van der Waals surface area contributed by atoms with Crippen molar-refractivity contribution in [3.63, 3.8) is 0 Å². The van der Waals surface area contributed by atoms with Gasteiger partial charge in [-0.2, -0.15) is 0 Å². The Hall–Kier alpha value is -2.37. The van der Waals surface area contributed by atoms with Gasteiger partial charge in [-0.3, -0.25) is 4.79 Å². The fourth-order valence-electron chi connectivity index (χ4n) is 1.88. The van der Waals surface area contributed by atoms with Gasteiger partial charge in [-0.15, -0.1) is 0 Å². The zero-order valence-corrected chi connectivity index (χ0v) is 9.98. The number of rotatable bonds is 2. The minimum atomic E-state index is -1.08. The zero-order chi connectivity index (χ0) is 13.4. The van der Waals surface area contributed by atoms with Gasteiger partial charge in [0, 0.05) is 0 Å². The summed E-state index contributed by atoms with van der Waals surface area (Å²) in [5.41, 5.74) is 1.73. The van der Waals surface area contributed by atoms with Crippen LogP contribution in [-0.4, -0.2) is 29.6 Å². The van der Waals surface area contributed by atoms with E-state index in [-0.39, 0.29) is 23.7 Å². The lowest BCUT2D eigenvalue weighted by Crippen LogP contribution is -2.31. The van der Waals surface area contributed by atoms with Crippen molar-refractivity contribution in [2.75, 3.05) is 11.4 Å². The Morgan fingerprint density at radius 1 is 1.33 bits per heavy atom. The topological polar surface area (TPSA) is 86.7 Å². The summed E-state index contributed by atoms with van der Waals surface area (Å²) in [4.78, 5) is 35.1. The molecule has 0 aromatic heterocycles. The highest BCUT2D eigenvalue weighted by atomic mass is 16.4. The van der Waals surface area contributed by atoms with E-state index in [1.165, 1.54) is 6.07 Å². The van der Waals surface area contributed by atoms with Crippen molar-refractivity contribution in [1.82, 2.24) is 5.32 Å². The molecule has 0 radical (unpaired) electrons. The normalized spacial score (nSPS) is 14.9. The molecule has 0 unspecified atom stereocenters. The first-order valence-electron chi connectivity index (χ1n) is 5.37. The molecule has 1 aromatic rings. The summed E-state index contributed by atoms with van der Waals surface area (Å²) in [6.07, 6.45) is 0. The molecular weight excluding hydrogens is 236 g/mol. The summed E-state index contributed by atoms with van der Waals surface area (Å²) in [6.45, 7) is 3.37. The quantitative estimate of drug-likeness (QED) is 0.766. The van der Waals surface area contributed by atoms with Crippen LogP contribution in [0.2, 0.25) is 0 Å². The summed E-state index contributed by atoms with van der Waals surface area (Å²) < 4.78 is 0. The van der Waals surface area contributed by atoms with Gasteiger partial charge in [-0.25, -0.2) is 14.5 Å². The highest BCUT2D eigenvalue weighted by Crippen LogP contribution is 2.24. The van der Waals surface area contributed by atoms with Crippen LogP contribution in [0.5, 0.6) is 0 Å². The van der Waals surface area contributed by atoms with E-state index in [2.05, 4.69) is 5.32 Å². The highest BCUT2D eigenvalue weighted by Gasteiger charge is 2.30. The van der Waals surface area contributed by atoms with Crippen LogP contribution in [0.3, 0.4) is 0 Å². The van der Waals surface area contributed by atoms with Crippen molar-refractivity contribution in [2.24, 2.45) is 0 Å². The molecule has 0 aliphatic carbocycles. The third kappa shape index (κ3) is 1.81. The molecule has 0 saturated carbocycles. The van der Waals surface area contributed by atoms with E-state index in [0.717, 1.165) is 10.5 Å². The van der Waals surface area contributed by atoms with Gasteiger partial charge in [-0.1, -0.05) is 0 Å². The predicted molar refractivity (Wildman–Crippen MR) is 63.8 cm³/mol. The van der Waals surface area contributed by atoms with E-state index in [0.29, 0.717) is 5.56 Å². The minimum absolute atomic E-state index is 0.0613. The average molecular weight is 248 g/mol. The van der Waals surface area contributed by atoms with Gasteiger partial charge >= 0.3 is 12.0 Å². The maximum Gasteiger partial charge on any atom is 0.336 e. The van der Waals surface area contributed by atoms with Crippen molar-refractivity contribution in [3.8, 4) is 0 Å². The number of carbonyl (C=O) groups excluding carboxylic acids is 2. The van der Waals surface area contributed by atoms with Gasteiger partial charge in [0.05, 0.1) is 17.8 Å². The Morgan fingerprint density at radius 3 is 2.50 bits per heavy atom. The van der Waals surface area contributed by atoms with Crippen LogP contribution >= 0.6 is 0 Å². The Bertz CT molecular complexity index is 549. The molecule has 6 heteroatoms. The second-order valence-corrected chi connectivity index (χ2v) is 4.13. The molecule has 0 spiro atoms. The first-order chi connectivity index (χ1) is 8.41. The largest absolute Gasteiger partial charge is 0.478 e. The number of nitrogens with one attached hydrogen (secondary N) is 1. The Kier molecular flexibility index (Phi) is 2.78. The van der Waals surface area contributed by atoms with E-state index >= 15 is 0 Å². The number of aromatic carboxylic acids is 1. The minimum Gasteiger partial charge on any atom is -0.478 e. The number of aryl methyl sites for hydroxylation is 1. The second kappa shape index (κ2) is 4.14. The fourth-order valence-corrected chi connectivity index (χ4v) is 1.88. The maximum atomic E-state index is 11.6. The summed E-state index contributed by atoms with van der Waals surface area (Å²) in [5, 5.41) is 11.5. The zero-order valence-electron chi connectivity index (χ0n) is 9.98. The standard InChI is InChI=1S/C12H12N2O4/c1-6-3-8(4-9(7(6)2)11(16)17)14-10(15)5-13-12(14)18/h3-4H,5H2,1-2H3,(H,13,18)(H,16,17). The van der Waals surface area contributed by atoms with Gasteiger partial charge in [0.2, 0.25) is 0 Å². The molecule has 0 bridgehead atoms. The van der Waals surface area contributed by atoms with Gasteiger partial charge in [0.25, 0.3) is 5.91 Å². The third-order valence-corrected chi connectivity index (χ3v) is 2.98. The molecule has 0 atom stereocenters. The molecular formula is C12H12N2O4. The number of carbonyl (C=O) groups is 3. The van der Waals surface area contributed by atoms with Crippen molar-refractivity contribution in [3.05, 3.63) is 28.8 Å². The third-order valence-electron chi connectivity index (χ3n) is 2.98. The predicted octanol–water partition coefficient (Wildman–Crippen LogP) is 1.06. The SMILES string of the molecule is Cc1cc(N2C(=O)CNC2=O)cc(C(=O)O)c1C. The molecule has 1 heterocycles. The molecule has 1 fully saturated rings. The average Bonchev–Trinajstić information content (AvgIpc) is 2.62. The van der Waals surface area contributed by atoms with Crippen molar-refractivity contribution < 1.29 is 19.5 Å². The lowest BCUT2D eigenvalue weighted by atomic mass is 10.0. The Morgan fingerprint density at radius 2 is 2.00 bits per heavy atom. The molecule has 18 heavy (non-hydrogen) atoms. The molecule has 3 amide bonds. The van der Waals surface area contributed by atoms with Crippen LogP contribution in [0.15, 0.2) is 12.1 Å². The van der Waals surface area contributed by atoms with E-state index in [4.69, 9.17) is 5.11 Å². The second-order valence-electron chi connectivity index (χ2n) is 4.13. The molecule has 2 rings (SSSR count). The van der Waals surface area contributed by atoms with Crippen molar-refractivity contribution >= 4 is 23.6 Å². The van der Waals surface area contributed by atoms with Crippen molar-refractivity contribution in [2.45, 2.75) is 13.8 Å². The lowest BCUT2D eigenvalue weighted by Gasteiger charge is -2.15. The van der Waals surface area contributed by atoms with Crippen molar-refractivity contribution in [1.29, 1.82) is 0 Å². The van der Waals surface area contributed by atoms with E-state index < -0.39 is 12.0 Å². The summed E-state index contributed by atoms with van der Waals surface area (Å²) in [5.74, 6) is -1.47. The van der Waals surface area contributed by atoms with Crippen LogP contribution in [0.4, 0.5) is 10.5 Å². The summed E-state index contributed by atoms with van der Waals surface area (Å²) in [7, 11) is 0. The number of amides is 3. The van der Waals surface area contributed by atoms with E-state index in [9.17, 15) is 14.4 Å². The molecule has 1 aliphatic heterocycles. The van der Waals surface area contributed by atoms with Crippen LogP contribution in [0.1, 0.15) is 21.5 Å². The van der Waals surface area contributed by atoms with Crippen LogP contribution < -0.4 is 10.2 Å². The number of hydrogen-bond acceptors (Lipinski definition) is 3. The number of nitrogens with zero attached hydrogens (tertiary/aromatic N) is 1. The Labute approximate surface area is 103 Å². The summed E-state index contributed by atoms with van der Waals surface area (Å²) >= 11 is 0. The first-order valence-corrected chi connectivity index (χ1v) is 5.37. The molecule has 1 saturated heterocycles. The monoisotopic (exact) mass is 248 g/mol. The van der Waals surface area contributed by atoms with Crippen LogP contribution in [0, 0.1) is 13.8 Å². The number of imide groups is 1. The lowest BCUT2D eigenvalue weighted by molar-refractivity contribution is -0.115. The number of carboxylic acids is 1. The van der Waals surface area contributed by atoms with E-state index in [1.54, 1.807) is 19.9 Å². The maximum absolute atomic E-state index is 11.6. The molecule has 2 N–H and O–H groups in total. The molecule has 1 aliphatic rings. The fraction of sp³-hybridized carbons (Fsp3) is 0.250. The van der Waals surface area contributed by atoms with E-state index in [1.807, 2.05) is 0 Å². The highest BCUT2D eigenvalue weighted by molar-refractivity contribution is 6.20. The number of urea groups is 1. The van der Waals surface area contributed by atoms with Gasteiger partial charge in [-0.05, 0) is 37.1 Å². The van der Waals surface area contributed by atoms with Gasteiger partial charge in [0.15, 0.2) is 0 Å².